The Bertz CT molecular complexity index is 579. The number of rotatable bonds is 4. The summed E-state index contributed by atoms with van der Waals surface area (Å²) in [6, 6.07) is 0. The zero-order chi connectivity index (χ0) is 17.0. The van der Waals surface area contributed by atoms with Crippen molar-refractivity contribution in [2.45, 2.75) is 50.5 Å². The third kappa shape index (κ3) is 3.49. The maximum absolute atomic E-state index is 12.6. The Kier molecular flexibility index (Phi) is 4.97. The number of amides is 1. The minimum Gasteiger partial charge on any atom is -0.480 e. The maximum atomic E-state index is 12.6. The van der Waals surface area contributed by atoms with Crippen LogP contribution in [0.3, 0.4) is 0 Å². The molecule has 24 heavy (non-hydrogen) atoms. The van der Waals surface area contributed by atoms with Crippen molar-refractivity contribution in [1.29, 1.82) is 0 Å². The largest absolute Gasteiger partial charge is 0.480 e. The van der Waals surface area contributed by atoms with Crippen LogP contribution in [0.1, 0.15) is 44.9 Å². The van der Waals surface area contributed by atoms with Gasteiger partial charge in [0.25, 0.3) is 0 Å². The van der Waals surface area contributed by atoms with Gasteiger partial charge in [0.15, 0.2) is 0 Å². The molecule has 2 N–H and O–H groups in total. The number of carbonyl (C=O) groups excluding carboxylic acids is 1. The fourth-order valence-corrected chi connectivity index (χ4v) is 3.71. The van der Waals surface area contributed by atoms with E-state index < -0.39 is 11.5 Å². The molecule has 0 atom stereocenters. The van der Waals surface area contributed by atoms with Crippen molar-refractivity contribution in [2.24, 2.45) is 5.92 Å². The van der Waals surface area contributed by atoms with Gasteiger partial charge in [-0.25, -0.2) is 9.78 Å². The molecule has 1 aromatic heterocycles. The number of aromatic nitrogens is 2. The van der Waals surface area contributed by atoms with Gasteiger partial charge in [0, 0.05) is 31.4 Å². The van der Waals surface area contributed by atoms with Gasteiger partial charge < -0.3 is 15.3 Å². The number of carboxylic acid groups (broad SMARTS) is 1. The van der Waals surface area contributed by atoms with Gasteiger partial charge in [-0.15, -0.1) is 0 Å². The first-order chi connectivity index (χ1) is 11.6. The van der Waals surface area contributed by atoms with Gasteiger partial charge in [-0.3, -0.25) is 9.78 Å². The van der Waals surface area contributed by atoms with E-state index in [1.54, 1.807) is 18.6 Å². The van der Waals surface area contributed by atoms with E-state index in [-0.39, 0.29) is 11.8 Å². The van der Waals surface area contributed by atoms with E-state index in [1.165, 1.54) is 0 Å². The molecule has 0 unspecified atom stereocenters. The van der Waals surface area contributed by atoms with Gasteiger partial charge >= 0.3 is 5.97 Å². The minimum absolute atomic E-state index is 0.113. The van der Waals surface area contributed by atoms with Crippen molar-refractivity contribution < 1.29 is 14.7 Å². The van der Waals surface area contributed by atoms with Crippen LogP contribution in [0.2, 0.25) is 0 Å². The number of piperidine rings is 1. The number of carbonyl (C=O) groups is 2. The number of carboxylic acids is 1. The molecule has 1 aliphatic heterocycles. The Morgan fingerprint density at radius 3 is 2.46 bits per heavy atom. The number of hydrogen-bond acceptors (Lipinski definition) is 5. The standard InChI is InChI=1S/C17H24N4O3/c22-15(20-17(16(23)24)6-2-1-3-7-17)13-4-10-21(11-5-13)14-12-18-8-9-19-14/h8-9,12-13H,1-7,10-11H2,(H,20,22)(H,23,24). The molecule has 3 rings (SSSR count). The van der Waals surface area contributed by atoms with E-state index >= 15 is 0 Å². The van der Waals surface area contributed by atoms with Crippen LogP contribution in [-0.4, -0.2) is 45.6 Å². The predicted molar refractivity (Wildman–Crippen MR) is 88.6 cm³/mol. The normalized spacial score (nSPS) is 21.2. The number of aliphatic carboxylic acids is 1. The SMILES string of the molecule is O=C(NC1(C(=O)O)CCCCC1)C1CCN(c2cnccn2)CC1. The quantitative estimate of drug-likeness (QED) is 0.869. The highest BCUT2D eigenvalue weighted by molar-refractivity contribution is 5.88. The van der Waals surface area contributed by atoms with E-state index in [1.807, 2.05) is 0 Å². The lowest BCUT2D eigenvalue weighted by atomic mass is 9.81. The van der Waals surface area contributed by atoms with Gasteiger partial charge in [0.2, 0.25) is 5.91 Å². The van der Waals surface area contributed by atoms with E-state index in [0.717, 1.165) is 38.2 Å². The van der Waals surface area contributed by atoms with E-state index in [4.69, 9.17) is 0 Å². The van der Waals surface area contributed by atoms with E-state index in [0.29, 0.717) is 25.7 Å². The highest BCUT2D eigenvalue weighted by atomic mass is 16.4. The topological polar surface area (TPSA) is 95.4 Å². The van der Waals surface area contributed by atoms with Crippen LogP contribution >= 0.6 is 0 Å². The van der Waals surface area contributed by atoms with Crippen molar-refractivity contribution in [1.82, 2.24) is 15.3 Å². The van der Waals surface area contributed by atoms with E-state index in [9.17, 15) is 14.7 Å². The lowest BCUT2D eigenvalue weighted by molar-refractivity contribution is -0.150. The average Bonchev–Trinajstić information content (AvgIpc) is 2.63. The summed E-state index contributed by atoms with van der Waals surface area (Å²) >= 11 is 0. The third-order valence-electron chi connectivity index (χ3n) is 5.22. The van der Waals surface area contributed by atoms with Gasteiger partial charge in [-0.1, -0.05) is 19.3 Å². The highest BCUT2D eigenvalue weighted by Gasteiger charge is 2.42. The van der Waals surface area contributed by atoms with Gasteiger partial charge in [0.05, 0.1) is 6.20 Å². The summed E-state index contributed by atoms with van der Waals surface area (Å²) in [6.07, 6.45) is 10.3. The third-order valence-corrected chi connectivity index (χ3v) is 5.22. The summed E-state index contributed by atoms with van der Waals surface area (Å²) in [4.78, 5) is 34.8. The second-order valence-corrected chi connectivity index (χ2v) is 6.76. The van der Waals surface area contributed by atoms with Gasteiger partial charge in [0.1, 0.15) is 11.4 Å². The van der Waals surface area contributed by atoms with Crippen LogP contribution in [0.5, 0.6) is 0 Å². The summed E-state index contributed by atoms with van der Waals surface area (Å²) in [5.74, 6) is -0.313. The molecule has 7 nitrogen and oxygen atoms in total. The second kappa shape index (κ2) is 7.15. The molecule has 1 aliphatic carbocycles. The van der Waals surface area contributed by atoms with Crippen LogP contribution < -0.4 is 10.2 Å². The fraction of sp³-hybridized carbons (Fsp3) is 0.647. The van der Waals surface area contributed by atoms with E-state index in [2.05, 4.69) is 20.2 Å². The van der Waals surface area contributed by atoms with Gasteiger partial charge in [-0.05, 0) is 25.7 Å². The average molecular weight is 332 g/mol. The molecule has 1 saturated heterocycles. The van der Waals surface area contributed by atoms with Gasteiger partial charge in [-0.2, -0.15) is 0 Å². The van der Waals surface area contributed by atoms with Crippen molar-refractivity contribution in [2.75, 3.05) is 18.0 Å². The second-order valence-electron chi connectivity index (χ2n) is 6.76. The molecule has 0 radical (unpaired) electrons. The number of nitrogens with zero attached hydrogens (tertiary/aromatic N) is 3. The fourth-order valence-electron chi connectivity index (χ4n) is 3.71. The molecule has 1 aromatic rings. The molecule has 0 aromatic carbocycles. The lowest BCUT2D eigenvalue weighted by Gasteiger charge is -2.37. The van der Waals surface area contributed by atoms with Crippen LogP contribution in [0.15, 0.2) is 18.6 Å². The smallest absolute Gasteiger partial charge is 0.329 e. The van der Waals surface area contributed by atoms with Crippen molar-refractivity contribution in [3.8, 4) is 0 Å². The first kappa shape index (κ1) is 16.7. The predicted octanol–water partition coefficient (Wildman–Crippen LogP) is 1.60. The molecule has 2 fully saturated rings. The summed E-state index contributed by atoms with van der Waals surface area (Å²) in [5, 5.41) is 12.5. The van der Waals surface area contributed by atoms with Crippen molar-refractivity contribution in [3.63, 3.8) is 0 Å². The zero-order valence-corrected chi connectivity index (χ0v) is 13.8. The molecule has 2 aliphatic rings. The summed E-state index contributed by atoms with van der Waals surface area (Å²) in [5.41, 5.74) is -1.06. The molecule has 0 bridgehead atoms. The minimum atomic E-state index is -1.06. The van der Waals surface area contributed by atoms with Crippen LogP contribution in [0.25, 0.3) is 0 Å². The highest BCUT2D eigenvalue weighted by Crippen LogP contribution is 2.30. The Morgan fingerprint density at radius 2 is 1.88 bits per heavy atom. The number of hydrogen-bond donors (Lipinski definition) is 2. The summed E-state index contributed by atoms with van der Waals surface area (Å²) in [7, 11) is 0. The monoisotopic (exact) mass is 332 g/mol. The Hall–Kier alpha value is -2.18. The summed E-state index contributed by atoms with van der Waals surface area (Å²) < 4.78 is 0. The molecule has 2 heterocycles. The van der Waals surface area contributed by atoms with Crippen LogP contribution in [0, 0.1) is 5.92 Å². The first-order valence-corrected chi connectivity index (χ1v) is 8.67. The van der Waals surface area contributed by atoms with Crippen LogP contribution in [-0.2, 0) is 9.59 Å². The van der Waals surface area contributed by atoms with Crippen molar-refractivity contribution in [3.05, 3.63) is 18.6 Å². The Balaban J connectivity index is 1.58. The Labute approximate surface area is 141 Å². The summed E-state index contributed by atoms with van der Waals surface area (Å²) in [6.45, 7) is 1.47. The molecular weight excluding hydrogens is 308 g/mol. The molecule has 1 amide bonds. The lowest BCUT2D eigenvalue weighted by Crippen LogP contribution is -2.57. The Morgan fingerprint density at radius 1 is 1.17 bits per heavy atom. The zero-order valence-electron chi connectivity index (χ0n) is 13.8. The number of nitrogens with one attached hydrogen (secondary N) is 1. The van der Waals surface area contributed by atoms with Crippen LogP contribution in [0.4, 0.5) is 5.82 Å². The number of anilines is 1. The molecule has 1 saturated carbocycles. The molecular formula is C17H24N4O3. The molecule has 130 valence electrons. The maximum Gasteiger partial charge on any atom is 0.329 e. The molecule has 0 spiro atoms. The first-order valence-electron chi connectivity index (χ1n) is 8.67. The molecule has 7 heteroatoms. The van der Waals surface area contributed by atoms with Crippen molar-refractivity contribution >= 4 is 17.7 Å².